The normalized spacial score (nSPS) is 14.3. The van der Waals surface area contributed by atoms with E-state index in [-0.39, 0.29) is 0 Å². The molecule has 0 heterocycles. The van der Waals surface area contributed by atoms with E-state index in [4.69, 9.17) is 21.4 Å². The number of carboxylic acids is 1. The van der Waals surface area contributed by atoms with Gasteiger partial charge in [-0.3, -0.25) is 9.59 Å². The molecule has 0 aliphatic carbocycles. The molecule has 4 nitrogen and oxygen atoms in total. The molecular formula is C8H11ClO4. The van der Waals surface area contributed by atoms with Crippen LogP contribution < -0.4 is 0 Å². The largest absolute Gasteiger partial charge is 0.481 e. The topological polar surface area (TPSA) is 63.6 Å². The zero-order valence-electron chi connectivity index (χ0n) is 7.20. The van der Waals surface area contributed by atoms with Gasteiger partial charge in [0.15, 0.2) is 0 Å². The van der Waals surface area contributed by atoms with E-state index in [9.17, 15) is 9.59 Å². The van der Waals surface area contributed by atoms with Crippen molar-refractivity contribution in [1.29, 1.82) is 0 Å². The van der Waals surface area contributed by atoms with E-state index >= 15 is 0 Å². The number of carbonyl (C=O) groups excluding carboxylic acids is 1. The quantitative estimate of drug-likeness (QED) is 0.318. The molecule has 0 amide bonds. The van der Waals surface area contributed by atoms with Crippen LogP contribution >= 0.6 is 11.6 Å². The Bertz CT molecular complexity index is 214. The lowest BCUT2D eigenvalue weighted by atomic mass is 10.3. The van der Waals surface area contributed by atoms with Gasteiger partial charge in [-0.25, -0.2) is 0 Å². The lowest BCUT2D eigenvalue weighted by Gasteiger charge is -2.14. The molecule has 0 aromatic heterocycles. The highest BCUT2D eigenvalue weighted by molar-refractivity contribution is 6.22. The van der Waals surface area contributed by atoms with Gasteiger partial charge in [0.25, 0.3) is 0 Å². The minimum atomic E-state index is -1.22. The number of alkyl halides is 1. The van der Waals surface area contributed by atoms with Crippen molar-refractivity contribution in [3.8, 4) is 0 Å². The van der Waals surface area contributed by atoms with Crippen molar-refractivity contribution >= 4 is 23.5 Å². The SMILES string of the molecule is C=CC(Cl)C(C)OC(=O)CC(=O)O. The first kappa shape index (κ1) is 12.0. The molecule has 0 radical (unpaired) electrons. The second kappa shape index (κ2) is 5.59. The summed E-state index contributed by atoms with van der Waals surface area (Å²) < 4.78 is 4.69. The van der Waals surface area contributed by atoms with Crippen molar-refractivity contribution in [1.82, 2.24) is 0 Å². The van der Waals surface area contributed by atoms with Crippen LogP contribution in [0.25, 0.3) is 0 Å². The number of esters is 1. The molecule has 0 fully saturated rings. The van der Waals surface area contributed by atoms with Gasteiger partial charge in [0, 0.05) is 0 Å². The maximum absolute atomic E-state index is 10.8. The summed E-state index contributed by atoms with van der Waals surface area (Å²) in [4.78, 5) is 20.9. The van der Waals surface area contributed by atoms with Gasteiger partial charge in [-0.2, -0.15) is 0 Å². The Morgan fingerprint density at radius 3 is 2.62 bits per heavy atom. The minimum absolute atomic E-state index is 0.502. The summed E-state index contributed by atoms with van der Waals surface area (Å²) in [5.41, 5.74) is 0. The lowest BCUT2D eigenvalue weighted by Crippen LogP contribution is -2.24. The van der Waals surface area contributed by atoms with Crippen LogP contribution in [0.5, 0.6) is 0 Å². The van der Waals surface area contributed by atoms with Gasteiger partial charge in [0.05, 0.1) is 5.38 Å². The van der Waals surface area contributed by atoms with Gasteiger partial charge in [0.2, 0.25) is 0 Å². The molecule has 0 bridgehead atoms. The molecule has 5 heteroatoms. The molecule has 1 N–H and O–H groups in total. The van der Waals surface area contributed by atoms with E-state index in [1.54, 1.807) is 6.92 Å². The number of hydrogen-bond donors (Lipinski definition) is 1. The smallest absolute Gasteiger partial charge is 0.317 e. The molecule has 0 saturated heterocycles. The van der Waals surface area contributed by atoms with Crippen LogP contribution in [0.3, 0.4) is 0 Å². The number of rotatable bonds is 5. The molecule has 0 saturated carbocycles. The number of ether oxygens (including phenoxy) is 1. The summed E-state index contributed by atoms with van der Waals surface area (Å²) >= 11 is 5.65. The Hall–Kier alpha value is -1.03. The summed E-state index contributed by atoms with van der Waals surface area (Å²) in [5.74, 6) is -2.02. The van der Waals surface area contributed by atoms with Crippen LogP contribution in [0.1, 0.15) is 13.3 Å². The van der Waals surface area contributed by atoms with Crippen molar-refractivity contribution in [2.24, 2.45) is 0 Å². The zero-order valence-corrected chi connectivity index (χ0v) is 7.95. The van der Waals surface area contributed by atoms with Crippen molar-refractivity contribution in [3.05, 3.63) is 12.7 Å². The highest BCUT2D eigenvalue weighted by Crippen LogP contribution is 2.08. The first-order chi connectivity index (χ1) is 5.97. The summed E-state index contributed by atoms with van der Waals surface area (Å²) in [5, 5.41) is 7.74. The summed E-state index contributed by atoms with van der Waals surface area (Å²) in [7, 11) is 0. The van der Waals surface area contributed by atoms with E-state index < -0.39 is 29.8 Å². The van der Waals surface area contributed by atoms with E-state index in [0.29, 0.717) is 0 Å². The Morgan fingerprint density at radius 1 is 1.69 bits per heavy atom. The standard InChI is InChI=1S/C8H11ClO4/c1-3-6(9)5(2)13-8(12)4-7(10)11/h3,5-6H,1,4H2,2H3,(H,10,11). The minimum Gasteiger partial charge on any atom is -0.481 e. The van der Waals surface area contributed by atoms with Gasteiger partial charge < -0.3 is 9.84 Å². The third-order valence-corrected chi connectivity index (χ3v) is 1.82. The van der Waals surface area contributed by atoms with Crippen LogP contribution in [0.15, 0.2) is 12.7 Å². The average molecular weight is 207 g/mol. The Labute approximate surface area is 81.1 Å². The molecule has 0 aromatic rings. The first-order valence-corrected chi connectivity index (χ1v) is 4.09. The predicted octanol–water partition coefficient (Wildman–Crippen LogP) is 1.19. The second-order valence-corrected chi connectivity index (χ2v) is 2.95. The van der Waals surface area contributed by atoms with E-state index in [2.05, 4.69) is 6.58 Å². The van der Waals surface area contributed by atoms with Gasteiger partial charge in [-0.05, 0) is 6.92 Å². The van der Waals surface area contributed by atoms with Crippen LogP contribution in [-0.2, 0) is 14.3 Å². The van der Waals surface area contributed by atoms with Gasteiger partial charge >= 0.3 is 11.9 Å². The van der Waals surface area contributed by atoms with Crippen LogP contribution in [-0.4, -0.2) is 28.5 Å². The predicted molar refractivity (Wildman–Crippen MR) is 47.6 cm³/mol. The van der Waals surface area contributed by atoms with Crippen molar-refractivity contribution in [2.75, 3.05) is 0 Å². The molecule has 13 heavy (non-hydrogen) atoms. The Morgan fingerprint density at radius 2 is 2.23 bits per heavy atom. The van der Waals surface area contributed by atoms with Gasteiger partial charge in [-0.15, -0.1) is 18.2 Å². The molecule has 0 aliphatic heterocycles. The maximum atomic E-state index is 10.8. The average Bonchev–Trinajstić information content (AvgIpc) is 2.01. The molecule has 0 rings (SSSR count). The molecule has 2 atom stereocenters. The summed E-state index contributed by atoms with van der Waals surface area (Å²) in [6.07, 6.45) is 0.205. The van der Waals surface area contributed by atoms with Crippen molar-refractivity contribution in [2.45, 2.75) is 24.8 Å². The van der Waals surface area contributed by atoms with Crippen molar-refractivity contribution in [3.63, 3.8) is 0 Å². The monoisotopic (exact) mass is 206 g/mol. The fourth-order valence-electron chi connectivity index (χ4n) is 0.629. The highest BCUT2D eigenvalue weighted by atomic mass is 35.5. The third-order valence-electron chi connectivity index (χ3n) is 1.29. The highest BCUT2D eigenvalue weighted by Gasteiger charge is 2.17. The third kappa shape index (κ3) is 5.25. The molecule has 0 aromatic carbocycles. The molecule has 74 valence electrons. The number of carboxylic acid groups (broad SMARTS) is 1. The van der Waals surface area contributed by atoms with Crippen LogP contribution in [0, 0.1) is 0 Å². The summed E-state index contributed by atoms with van der Waals surface area (Å²) in [6, 6.07) is 0. The number of hydrogen-bond acceptors (Lipinski definition) is 3. The fourth-order valence-corrected chi connectivity index (χ4v) is 0.681. The fraction of sp³-hybridized carbons (Fsp3) is 0.500. The first-order valence-electron chi connectivity index (χ1n) is 3.65. The number of halogens is 1. The van der Waals surface area contributed by atoms with E-state index in [1.165, 1.54) is 6.08 Å². The second-order valence-electron chi connectivity index (χ2n) is 2.45. The van der Waals surface area contributed by atoms with Crippen LogP contribution in [0.4, 0.5) is 0 Å². The molecule has 0 aliphatic rings. The summed E-state index contributed by atoms with van der Waals surface area (Å²) in [6.45, 7) is 4.98. The maximum Gasteiger partial charge on any atom is 0.317 e. The van der Waals surface area contributed by atoms with Crippen molar-refractivity contribution < 1.29 is 19.4 Å². The molecule has 2 unspecified atom stereocenters. The molecular weight excluding hydrogens is 196 g/mol. The van der Waals surface area contributed by atoms with Gasteiger partial charge in [0.1, 0.15) is 12.5 Å². The number of aliphatic carboxylic acids is 1. The molecule has 0 spiro atoms. The van der Waals surface area contributed by atoms with Gasteiger partial charge in [-0.1, -0.05) is 6.08 Å². The number of carbonyl (C=O) groups is 2. The van der Waals surface area contributed by atoms with E-state index in [0.717, 1.165) is 0 Å². The van der Waals surface area contributed by atoms with Crippen LogP contribution in [0.2, 0.25) is 0 Å². The Balaban J connectivity index is 3.91. The lowest BCUT2D eigenvalue weighted by molar-refractivity contribution is -0.154. The van der Waals surface area contributed by atoms with E-state index in [1.807, 2.05) is 0 Å². The Kier molecular flexibility index (Phi) is 5.14. The zero-order chi connectivity index (χ0) is 10.4.